The Kier molecular flexibility index (Phi) is 6.83. The van der Waals surface area contributed by atoms with Gasteiger partial charge in [0.1, 0.15) is 11.5 Å². The van der Waals surface area contributed by atoms with Crippen molar-refractivity contribution in [1.82, 2.24) is 10.6 Å². The molecular formula is C19H23N3O3. The van der Waals surface area contributed by atoms with Crippen LogP contribution in [0.1, 0.15) is 31.4 Å². The fourth-order valence-electron chi connectivity index (χ4n) is 2.37. The molecule has 2 rings (SSSR count). The predicted molar refractivity (Wildman–Crippen MR) is 96.3 cm³/mol. The lowest BCUT2D eigenvalue weighted by Gasteiger charge is -2.18. The van der Waals surface area contributed by atoms with Crippen molar-refractivity contribution >= 4 is 11.9 Å². The highest BCUT2D eigenvalue weighted by atomic mass is 16.5. The van der Waals surface area contributed by atoms with Crippen molar-refractivity contribution in [2.45, 2.75) is 25.8 Å². The van der Waals surface area contributed by atoms with Crippen LogP contribution in [0.3, 0.4) is 0 Å². The first-order valence-electron chi connectivity index (χ1n) is 8.24. The highest BCUT2D eigenvalue weighted by Gasteiger charge is 2.18. The zero-order chi connectivity index (χ0) is 18.1. The maximum atomic E-state index is 12.0. The number of urea groups is 1. The third-order valence-corrected chi connectivity index (χ3v) is 3.52. The van der Waals surface area contributed by atoms with Gasteiger partial charge >= 0.3 is 6.03 Å². The molecule has 0 spiro atoms. The summed E-state index contributed by atoms with van der Waals surface area (Å²) >= 11 is 0. The molecule has 132 valence electrons. The van der Waals surface area contributed by atoms with Gasteiger partial charge < -0.3 is 21.1 Å². The van der Waals surface area contributed by atoms with Crippen molar-refractivity contribution in [1.29, 1.82) is 0 Å². The number of para-hydroxylation sites is 1. The van der Waals surface area contributed by atoms with Gasteiger partial charge in [-0.05, 0) is 36.2 Å². The summed E-state index contributed by atoms with van der Waals surface area (Å²) < 4.78 is 5.80. The monoisotopic (exact) mass is 341 g/mol. The van der Waals surface area contributed by atoms with E-state index in [4.69, 9.17) is 10.5 Å². The third kappa shape index (κ3) is 6.18. The molecule has 0 fully saturated rings. The summed E-state index contributed by atoms with van der Waals surface area (Å²) in [5.74, 6) is 1.18. The average Bonchev–Trinajstić information content (AvgIpc) is 2.60. The van der Waals surface area contributed by atoms with Crippen molar-refractivity contribution < 1.29 is 14.3 Å². The first-order chi connectivity index (χ1) is 12.1. The number of primary amides is 1. The van der Waals surface area contributed by atoms with Gasteiger partial charge in [-0.1, -0.05) is 37.3 Å². The number of benzene rings is 2. The molecule has 2 aromatic rings. The summed E-state index contributed by atoms with van der Waals surface area (Å²) in [6.45, 7) is 2.57. The number of amides is 3. The zero-order valence-electron chi connectivity index (χ0n) is 14.2. The van der Waals surface area contributed by atoms with Crippen LogP contribution in [-0.2, 0) is 4.79 Å². The average molecular weight is 341 g/mol. The topological polar surface area (TPSA) is 93.5 Å². The van der Waals surface area contributed by atoms with Crippen molar-refractivity contribution in [3.05, 3.63) is 60.2 Å². The summed E-state index contributed by atoms with van der Waals surface area (Å²) in [4.78, 5) is 23.3. The van der Waals surface area contributed by atoms with E-state index in [9.17, 15) is 9.59 Å². The van der Waals surface area contributed by atoms with Crippen LogP contribution in [0.25, 0.3) is 0 Å². The largest absolute Gasteiger partial charge is 0.457 e. The van der Waals surface area contributed by atoms with Crippen LogP contribution in [0.5, 0.6) is 11.5 Å². The molecule has 0 heterocycles. The van der Waals surface area contributed by atoms with E-state index in [1.54, 1.807) is 6.07 Å². The van der Waals surface area contributed by atoms with Crippen LogP contribution >= 0.6 is 0 Å². The van der Waals surface area contributed by atoms with Crippen molar-refractivity contribution in [2.75, 3.05) is 6.54 Å². The maximum Gasteiger partial charge on any atom is 0.312 e. The van der Waals surface area contributed by atoms with E-state index in [1.807, 2.05) is 55.5 Å². The van der Waals surface area contributed by atoms with Gasteiger partial charge in [-0.25, -0.2) is 4.79 Å². The number of nitrogens with two attached hydrogens (primary N) is 1. The molecule has 0 aliphatic carbocycles. The lowest BCUT2D eigenvalue weighted by atomic mass is 10.0. The fraction of sp³-hybridized carbons (Fsp3) is 0.263. The number of nitrogens with one attached hydrogen (secondary N) is 2. The Morgan fingerprint density at radius 2 is 1.80 bits per heavy atom. The summed E-state index contributed by atoms with van der Waals surface area (Å²) in [5, 5.41) is 5.41. The first-order valence-corrected chi connectivity index (χ1v) is 8.24. The molecule has 0 saturated heterocycles. The van der Waals surface area contributed by atoms with E-state index < -0.39 is 12.1 Å². The summed E-state index contributed by atoms with van der Waals surface area (Å²) in [7, 11) is 0. The van der Waals surface area contributed by atoms with Crippen LogP contribution in [0.4, 0.5) is 4.79 Å². The van der Waals surface area contributed by atoms with Gasteiger partial charge in [-0.3, -0.25) is 4.79 Å². The Morgan fingerprint density at radius 1 is 1.08 bits per heavy atom. The molecule has 2 aromatic carbocycles. The van der Waals surface area contributed by atoms with E-state index >= 15 is 0 Å². The smallest absolute Gasteiger partial charge is 0.312 e. The number of rotatable bonds is 8. The van der Waals surface area contributed by atoms with Crippen molar-refractivity contribution in [3.63, 3.8) is 0 Å². The van der Waals surface area contributed by atoms with Gasteiger partial charge in [-0.15, -0.1) is 0 Å². The Balaban J connectivity index is 2.14. The third-order valence-electron chi connectivity index (χ3n) is 3.52. The van der Waals surface area contributed by atoms with E-state index in [0.717, 1.165) is 12.0 Å². The number of hydrogen-bond donors (Lipinski definition) is 3. The van der Waals surface area contributed by atoms with E-state index in [0.29, 0.717) is 18.0 Å². The van der Waals surface area contributed by atoms with Crippen LogP contribution in [-0.4, -0.2) is 18.5 Å². The Morgan fingerprint density at radius 3 is 2.48 bits per heavy atom. The lowest BCUT2D eigenvalue weighted by molar-refractivity contribution is -0.121. The molecular weight excluding hydrogens is 318 g/mol. The standard InChI is InChI=1S/C19H23N3O3/c1-2-11-21-18(23)13-17(22-19(20)24)14-7-6-10-16(12-14)25-15-8-4-3-5-9-15/h3-10,12,17H,2,11,13H2,1H3,(H,21,23)(H3,20,22,24). The second-order valence-corrected chi connectivity index (χ2v) is 5.60. The molecule has 6 heteroatoms. The minimum absolute atomic E-state index is 0.109. The number of hydrogen-bond acceptors (Lipinski definition) is 3. The summed E-state index contributed by atoms with van der Waals surface area (Å²) in [6.07, 6.45) is 0.956. The van der Waals surface area contributed by atoms with Gasteiger partial charge in [-0.2, -0.15) is 0 Å². The van der Waals surface area contributed by atoms with E-state index in [-0.39, 0.29) is 12.3 Å². The van der Waals surface area contributed by atoms with Gasteiger partial charge in [0.15, 0.2) is 0 Å². The minimum Gasteiger partial charge on any atom is -0.457 e. The predicted octanol–water partition coefficient (Wildman–Crippen LogP) is 3.10. The van der Waals surface area contributed by atoms with Crippen LogP contribution in [0, 0.1) is 0 Å². The Hall–Kier alpha value is -3.02. The molecule has 0 saturated carbocycles. The number of carbonyl (C=O) groups excluding carboxylic acids is 2. The second-order valence-electron chi connectivity index (χ2n) is 5.60. The second kappa shape index (κ2) is 9.32. The van der Waals surface area contributed by atoms with Crippen LogP contribution < -0.4 is 21.1 Å². The Labute approximate surface area is 147 Å². The van der Waals surface area contributed by atoms with Crippen molar-refractivity contribution in [2.24, 2.45) is 5.73 Å². The first kappa shape index (κ1) is 18.3. The molecule has 1 unspecified atom stereocenters. The van der Waals surface area contributed by atoms with Gasteiger partial charge in [0, 0.05) is 6.54 Å². The van der Waals surface area contributed by atoms with Crippen molar-refractivity contribution in [3.8, 4) is 11.5 Å². The molecule has 6 nitrogen and oxygen atoms in total. The minimum atomic E-state index is -0.678. The molecule has 0 bridgehead atoms. The molecule has 0 aromatic heterocycles. The highest BCUT2D eigenvalue weighted by molar-refractivity contribution is 5.78. The van der Waals surface area contributed by atoms with E-state index in [1.165, 1.54) is 0 Å². The molecule has 1 atom stereocenters. The molecule has 0 aliphatic heterocycles. The zero-order valence-corrected chi connectivity index (χ0v) is 14.2. The molecule has 25 heavy (non-hydrogen) atoms. The molecule has 3 amide bonds. The van der Waals surface area contributed by atoms with Crippen LogP contribution in [0.2, 0.25) is 0 Å². The lowest BCUT2D eigenvalue weighted by Crippen LogP contribution is -2.36. The highest BCUT2D eigenvalue weighted by Crippen LogP contribution is 2.25. The number of ether oxygens (including phenoxy) is 1. The summed E-state index contributed by atoms with van der Waals surface area (Å²) in [6, 6.07) is 15.4. The molecule has 4 N–H and O–H groups in total. The Bertz CT molecular complexity index is 704. The van der Waals surface area contributed by atoms with Gasteiger partial charge in [0.2, 0.25) is 5.91 Å². The number of carbonyl (C=O) groups is 2. The van der Waals surface area contributed by atoms with Gasteiger partial charge in [0.05, 0.1) is 12.5 Å². The van der Waals surface area contributed by atoms with Gasteiger partial charge in [0.25, 0.3) is 0 Å². The summed E-state index contributed by atoms with van der Waals surface area (Å²) in [5.41, 5.74) is 6.00. The quantitative estimate of drug-likeness (QED) is 0.689. The SMILES string of the molecule is CCCNC(=O)CC(NC(N)=O)c1cccc(Oc2ccccc2)c1. The van der Waals surface area contributed by atoms with E-state index in [2.05, 4.69) is 10.6 Å². The normalized spacial score (nSPS) is 11.4. The maximum absolute atomic E-state index is 12.0. The molecule has 0 radical (unpaired) electrons. The molecule has 0 aliphatic rings. The van der Waals surface area contributed by atoms with Crippen LogP contribution in [0.15, 0.2) is 54.6 Å². The fourth-order valence-corrected chi connectivity index (χ4v) is 2.37.